The summed E-state index contributed by atoms with van der Waals surface area (Å²) in [6.45, 7) is 0.353. The zero-order valence-electron chi connectivity index (χ0n) is 6.93. The lowest BCUT2D eigenvalue weighted by molar-refractivity contribution is -0.385. The summed E-state index contributed by atoms with van der Waals surface area (Å²) < 4.78 is 0. The fourth-order valence-corrected chi connectivity index (χ4v) is 1.09. The summed E-state index contributed by atoms with van der Waals surface area (Å²) in [5.74, 6) is -0.104. The third-order valence-electron chi connectivity index (χ3n) is 1.68. The quantitative estimate of drug-likeness (QED) is 0.534. The molecule has 0 saturated carbocycles. The molecule has 0 aliphatic rings. The number of nitrogens with two attached hydrogens (primary N) is 1. The number of hydrogen-bond donors (Lipinski definition) is 2. The van der Waals surface area contributed by atoms with Crippen LogP contribution in [0.2, 0.25) is 0 Å². The molecular formula is C8H10N2O3. The van der Waals surface area contributed by atoms with Crippen molar-refractivity contribution in [1.82, 2.24) is 0 Å². The van der Waals surface area contributed by atoms with Crippen LogP contribution in [-0.4, -0.2) is 16.6 Å². The molecule has 0 radical (unpaired) electrons. The molecule has 0 heterocycles. The zero-order valence-corrected chi connectivity index (χ0v) is 6.93. The second-order valence-corrected chi connectivity index (χ2v) is 2.61. The minimum absolute atomic E-state index is 0.0783. The lowest BCUT2D eigenvalue weighted by Gasteiger charge is -2.00. The molecule has 0 unspecified atom stereocenters. The number of phenolic OH excluding ortho intramolecular Hbond substituents is 1. The Labute approximate surface area is 74.9 Å². The maximum Gasteiger partial charge on any atom is 0.276 e. The van der Waals surface area contributed by atoms with Crippen LogP contribution in [0.5, 0.6) is 5.75 Å². The molecule has 1 rings (SSSR count). The maximum absolute atomic E-state index is 10.5. The van der Waals surface area contributed by atoms with Gasteiger partial charge in [-0.3, -0.25) is 10.1 Å². The van der Waals surface area contributed by atoms with Gasteiger partial charge in [-0.15, -0.1) is 0 Å². The van der Waals surface area contributed by atoms with E-state index >= 15 is 0 Å². The third kappa shape index (κ3) is 2.16. The van der Waals surface area contributed by atoms with Crippen LogP contribution >= 0.6 is 0 Å². The average molecular weight is 182 g/mol. The van der Waals surface area contributed by atoms with Crippen molar-refractivity contribution in [3.63, 3.8) is 0 Å². The van der Waals surface area contributed by atoms with E-state index < -0.39 is 4.92 Å². The van der Waals surface area contributed by atoms with Gasteiger partial charge in [-0.1, -0.05) is 0 Å². The van der Waals surface area contributed by atoms with E-state index in [4.69, 9.17) is 10.8 Å². The van der Waals surface area contributed by atoms with Gasteiger partial charge in [0.25, 0.3) is 5.69 Å². The summed E-state index contributed by atoms with van der Waals surface area (Å²) in [7, 11) is 0. The summed E-state index contributed by atoms with van der Waals surface area (Å²) >= 11 is 0. The van der Waals surface area contributed by atoms with Gasteiger partial charge in [-0.05, 0) is 25.1 Å². The van der Waals surface area contributed by atoms with E-state index in [1.54, 1.807) is 0 Å². The fraction of sp³-hybridized carbons (Fsp3) is 0.250. The summed E-state index contributed by atoms with van der Waals surface area (Å²) in [5.41, 5.74) is 5.75. The molecule has 1 aromatic carbocycles. The average Bonchev–Trinajstić information content (AvgIpc) is 2.08. The Hall–Kier alpha value is -1.62. The van der Waals surface area contributed by atoms with Crippen molar-refractivity contribution in [3.05, 3.63) is 33.9 Å². The molecule has 0 spiro atoms. The van der Waals surface area contributed by atoms with Gasteiger partial charge in [0.1, 0.15) is 5.75 Å². The molecule has 0 saturated heterocycles. The van der Waals surface area contributed by atoms with Crippen LogP contribution in [0.15, 0.2) is 18.2 Å². The summed E-state index contributed by atoms with van der Waals surface area (Å²) in [6, 6.07) is 4.06. The van der Waals surface area contributed by atoms with E-state index in [1.807, 2.05) is 0 Å². The summed E-state index contributed by atoms with van der Waals surface area (Å²) in [4.78, 5) is 9.98. The minimum atomic E-state index is -0.523. The van der Waals surface area contributed by atoms with Gasteiger partial charge in [0.2, 0.25) is 0 Å². The van der Waals surface area contributed by atoms with Gasteiger partial charge in [-0.25, -0.2) is 0 Å². The molecular weight excluding hydrogens is 172 g/mol. The van der Waals surface area contributed by atoms with E-state index in [-0.39, 0.29) is 11.4 Å². The minimum Gasteiger partial charge on any atom is -0.508 e. The third-order valence-corrected chi connectivity index (χ3v) is 1.68. The van der Waals surface area contributed by atoms with E-state index in [1.165, 1.54) is 12.1 Å². The maximum atomic E-state index is 10.5. The number of nitro groups is 1. The molecule has 13 heavy (non-hydrogen) atoms. The molecule has 0 amide bonds. The van der Waals surface area contributed by atoms with E-state index in [0.717, 1.165) is 6.07 Å². The van der Waals surface area contributed by atoms with Crippen molar-refractivity contribution < 1.29 is 10.0 Å². The fourth-order valence-electron chi connectivity index (χ4n) is 1.09. The van der Waals surface area contributed by atoms with Crippen LogP contribution < -0.4 is 5.73 Å². The first-order chi connectivity index (χ1) is 6.15. The number of nitrogens with zero attached hydrogens (tertiary/aromatic N) is 1. The molecule has 0 atom stereocenters. The van der Waals surface area contributed by atoms with Crippen LogP contribution in [0.3, 0.4) is 0 Å². The Bertz CT molecular complexity index is 325. The Morgan fingerprint density at radius 1 is 1.54 bits per heavy atom. The monoisotopic (exact) mass is 182 g/mol. The van der Waals surface area contributed by atoms with Gasteiger partial charge in [0.05, 0.1) is 11.0 Å². The first-order valence-corrected chi connectivity index (χ1v) is 3.81. The van der Waals surface area contributed by atoms with Crippen molar-refractivity contribution >= 4 is 5.69 Å². The highest BCUT2D eigenvalue weighted by atomic mass is 16.6. The summed E-state index contributed by atoms with van der Waals surface area (Å²) in [6.07, 6.45) is 0.441. The predicted molar refractivity (Wildman–Crippen MR) is 47.5 cm³/mol. The van der Waals surface area contributed by atoms with Gasteiger partial charge in [0.15, 0.2) is 0 Å². The SMILES string of the molecule is NCCc1ccc(O)cc1[N+](=O)[O-]. The number of hydrogen-bond acceptors (Lipinski definition) is 4. The molecule has 0 aromatic heterocycles. The van der Waals surface area contributed by atoms with Crippen LogP contribution in [0.4, 0.5) is 5.69 Å². The number of aromatic hydroxyl groups is 1. The standard InChI is InChI=1S/C8H10N2O3/c9-4-3-6-1-2-7(11)5-8(6)10(12)13/h1-2,5,11H,3-4,9H2. The largest absolute Gasteiger partial charge is 0.508 e. The van der Waals surface area contributed by atoms with Crippen molar-refractivity contribution in [2.75, 3.05) is 6.54 Å². The Kier molecular flexibility index (Phi) is 2.81. The second-order valence-electron chi connectivity index (χ2n) is 2.61. The highest BCUT2D eigenvalue weighted by molar-refractivity contribution is 5.45. The first-order valence-electron chi connectivity index (χ1n) is 3.81. The number of nitro benzene ring substituents is 1. The van der Waals surface area contributed by atoms with Crippen molar-refractivity contribution in [2.24, 2.45) is 5.73 Å². The predicted octanol–water partition coefficient (Wildman–Crippen LogP) is 0.802. The zero-order chi connectivity index (χ0) is 9.84. The van der Waals surface area contributed by atoms with Gasteiger partial charge >= 0.3 is 0 Å². The first kappa shape index (κ1) is 9.47. The molecule has 3 N–H and O–H groups in total. The molecule has 0 bridgehead atoms. The number of benzene rings is 1. The van der Waals surface area contributed by atoms with E-state index in [0.29, 0.717) is 18.5 Å². The number of phenols is 1. The van der Waals surface area contributed by atoms with Crippen LogP contribution in [0, 0.1) is 10.1 Å². The van der Waals surface area contributed by atoms with Crippen LogP contribution in [-0.2, 0) is 6.42 Å². The van der Waals surface area contributed by atoms with E-state index in [2.05, 4.69) is 0 Å². The van der Waals surface area contributed by atoms with Crippen molar-refractivity contribution in [1.29, 1.82) is 0 Å². The number of rotatable bonds is 3. The molecule has 0 aliphatic heterocycles. The topological polar surface area (TPSA) is 89.4 Å². The summed E-state index contributed by atoms with van der Waals surface area (Å²) in [5, 5.41) is 19.5. The van der Waals surface area contributed by atoms with Gasteiger partial charge < -0.3 is 10.8 Å². The van der Waals surface area contributed by atoms with Gasteiger partial charge in [-0.2, -0.15) is 0 Å². The van der Waals surface area contributed by atoms with Crippen LogP contribution in [0.25, 0.3) is 0 Å². The molecule has 5 heteroatoms. The lowest BCUT2D eigenvalue weighted by atomic mass is 10.1. The van der Waals surface area contributed by atoms with Gasteiger partial charge in [0, 0.05) is 5.56 Å². The van der Waals surface area contributed by atoms with E-state index in [9.17, 15) is 10.1 Å². The molecule has 70 valence electrons. The second kappa shape index (κ2) is 3.86. The van der Waals surface area contributed by atoms with Crippen molar-refractivity contribution in [3.8, 4) is 5.75 Å². The highest BCUT2D eigenvalue weighted by Gasteiger charge is 2.13. The lowest BCUT2D eigenvalue weighted by Crippen LogP contribution is -2.05. The Morgan fingerprint density at radius 2 is 2.23 bits per heavy atom. The van der Waals surface area contributed by atoms with Crippen LogP contribution in [0.1, 0.15) is 5.56 Å². The molecule has 0 aliphatic carbocycles. The Balaban J connectivity index is 3.10. The Morgan fingerprint density at radius 3 is 2.77 bits per heavy atom. The normalized spacial score (nSPS) is 9.92. The smallest absolute Gasteiger partial charge is 0.276 e. The molecule has 5 nitrogen and oxygen atoms in total. The molecule has 0 fully saturated rings. The highest BCUT2D eigenvalue weighted by Crippen LogP contribution is 2.23. The molecule has 1 aromatic rings. The van der Waals surface area contributed by atoms with Crippen molar-refractivity contribution in [2.45, 2.75) is 6.42 Å².